The molecule has 2 aliphatic rings. The number of hydrogen-bond acceptors (Lipinski definition) is 1. The fraction of sp³-hybridized carbons (Fsp3) is 1.00. The fourth-order valence-electron chi connectivity index (χ4n) is 2.08. The van der Waals surface area contributed by atoms with E-state index in [0.717, 1.165) is 19.1 Å². The van der Waals surface area contributed by atoms with Crippen molar-refractivity contribution in [2.75, 3.05) is 13.2 Å². The van der Waals surface area contributed by atoms with Gasteiger partial charge in [0.15, 0.2) is 0 Å². The Bertz CT molecular complexity index is 112. The molecule has 0 radical (unpaired) electrons. The zero-order valence-corrected chi connectivity index (χ0v) is 8.76. The first-order chi connectivity index (χ1) is 4.35. The molecule has 1 aliphatic heterocycles. The average molecular weight is 254 g/mol. The van der Waals surface area contributed by atoms with Crippen LogP contribution in [0.1, 0.15) is 26.2 Å². The summed E-state index contributed by atoms with van der Waals surface area (Å²) in [5.41, 5.74) is 0.695. The zero-order chi connectivity index (χ0) is 6.32. The highest BCUT2D eigenvalue weighted by molar-refractivity contribution is 14.0. The molecule has 1 aliphatic carbocycles. The van der Waals surface area contributed by atoms with Gasteiger partial charge in [0.1, 0.15) is 0 Å². The molecule has 10 heavy (non-hydrogen) atoms. The van der Waals surface area contributed by atoms with Gasteiger partial charge in [-0.25, -0.2) is 0 Å². The zero-order valence-electron chi connectivity index (χ0n) is 6.43. The van der Waals surface area contributed by atoms with Crippen molar-refractivity contribution >= 4 is 24.0 Å². The molecule has 0 unspecified atom stereocenters. The van der Waals surface area contributed by atoms with Crippen molar-refractivity contribution in [3.8, 4) is 0 Å². The molecule has 0 aromatic carbocycles. The molecule has 60 valence electrons. The third kappa shape index (κ3) is 1.20. The molecule has 0 amide bonds. The highest BCUT2D eigenvalue weighted by Crippen LogP contribution is 2.51. The monoisotopic (exact) mass is 254 g/mol. The molecule has 1 spiro atoms. The van der Waals surface area contributed by atoms with Gasteiger partial charge >= 0.3 is 0 Å². The van der Waals surface area contributed by atoms with Gasteiger partial charge in [0, 0.05) is 5.41 Å². The molecule has 1 saturated heterocycles. The van der Waals surface area contributed by atoms with E-state index in [1.807, 2.05) is 0 Å². The van der Waals surface area contributed by atoms with Gasteiger partial charge < -0.3 is 4.74 Å². The van der Waals surface area contributed by atoms with E-state index in [9.17, 15) is 0 Å². The maximum Gasteiger partial charge on any atom is 0.0545 e. The van der Waals surface area contributed by atoms with Crippen molar-refractivity contribution in [3.05, 3.63) is 0 Å². The Hall–Kier alpha value is 0.690. The molecule has 2 fully saturated rings. The van der Waals surface area contributed by atoms with Crippen molar-refractivity contribution in [1.82, 2.24) is 0 Å². The Morgan fingerprint density at radius 1 is 1.40 bits per heavy atom. The Balaban J connectivity index is 0.000000500. The second kappa shape index (κ2) is 2.97. The van der Waals surface area contributed by atoms with Gasteiger partial charge in [0.25, 0.3) is 0 Å². The summed E-state index contributed by atoms with van der Waals surface area (Å²) >= 11 is 0. The molecule has 1 heterocycles. The maximum absolute atomic E-state index is 5.17. The summed E-state index contributed by atoms with van der Waals surface area (Å²) < 4.78 is 5.17. The second-order valence-electron chi connectivity index (χ2n) is 3.68. The number of hydrogen-bond donors (Lipinski definition) is 0. The number of ether oxygens (including phenoxy) is 1. The van der Waals surface area contributed by atoms with Crippen LogP contribution in [0, 0.1) is 11.3 Å². The lowest BCUT2D eigenvalue weighted by atomic mass is 9.60. The lowest BCUT2D eigenvalue weighted by molar-refractivity contribution is -0.179. The molecule has 0 atom stereocenters. The summed E-state index contributed by atoms with van der Waals surface area (Å²) in [6.07, 6.45) is 4.27. The van der Waals surface area contributed by atoms with Crippen molar-refractivity contribution in [3.63, 3.8) is 0 Å². The Labute approximate surface area is 79.5 Å². The molecule has 0 N–H and O–H groups in total. The average Bonchev–Trinajstić information content (AvgIpc) is 1.59. The minimum Gasteiger partial charge on any atom is -0.380 e. The van der Waals surface area contributed by atoms with Crippen LogP contribution < -0.4 is 0 Å². The summed E-state index contributed by atoms with van der Waals surface area (Å²) in [6.45, 7) is 4.41. The van der Waals surface area contributed by atoms with Crippen LogP contribution >= 0.6 is 24.0 Å². The first kappa shape index (κ1) is 8.78. The van der Waals surface area contributed by atoms with Gasteiger partial charge in [-0.1, -0.05) is 13.3 Å². The van der Waals surface area contributed by atoms with Gasteiger partial charge in [-0.05, 0) is 18.8 Å². The third-order valence-electron chi connectivity index (χ3n) is 2.84. The summed E-state index contributed by atoms with van der Waals surface area (Å²) in [5.74, 6) is 1.04. The van der Waals surface area contributed by atoms with Crippen molar-refractivity contribution in [1.29, 1.82) is 0 Å². The van der Waals surface area contributed by atoms with Crippen LogP contribution in [0.5, 0.6) is 0 Å². The normalized spacial score (nSPS) is 28.5. The minimum atomic E-state index is 0. The van der Waals surface area contributed by atoms with Crippen LogP contribution in [0.4, 0.5) is 0 Å². The molecule has 1 saturated carbocycles. The Kier molecular flexibility index (Phi) is 2.61. The summed E-state index contributed by atoms with van der Waals surface area (Å²) in [5, 5.41) is 0. The first-order valence-electron chi connectivity index (χ1n) is 3.92. The quantitative estimate of drug-likeness (QED) is 0.653. The van der Waals surface area contributed by atoms with Crippen LogP contribution in [0.3, 0.4) is 0 Å². The Morgan fingerprint density at radius 3 is 2.30 bits per heavy atom. The van der Waals surface area contributed by atoms with E-state index in [0.29, 0.717) is 5.41 Å². The molecular weight excluding hydrogens is 239 g/mol. The van der Waals surface area contributed by atoms with Crippen LogP contribution in [0.2, 0.25) is 0 Å². The Morgan fingerprint density at radius 2 is 2.00 bits per heavy atom. The van der Waals surface area contributed by atoms with Crippen LogP contribution in [0.15, 0.2) is 0 Å². The van der Waals surface area contributed by atoms with Crippen molar-refractivity contribution < 1.29 is 4.74 Å². The predicted octanol–water partition coefficient (Wildman–Crippen LogP) is 2.44. The second-order valence-corrected chi connectivity index (χ2v) is 3.68. The molecule has 0 bridgehead atoms. The smallest absolute Gasteiger partial charge is 0.0545 e. The van der Waals surface area contributed by atoms with E-state index in [1.165, 1.54) is 19.3 Å². The van der Waals surface area contributed by atoms with Gasteiger partial charge in [0.2, 0.25) is 0 Å². The standard InChI is InChI=1S/C8H14O.HI/c1-2-7-3-8(4-7)5-9-6-8;/h7H,2-6H2,1H3;1H. The van der Waals surface area contributed by atoms with E-state index in [1.54, 1.807) is 0 Å². The van der Waals surface area contributed by atoms with E-state index in [-0.39, 0.29) is 24.0 Å². The van der Waals surface area contributed by atoms with Crippen LogP contribution in [-0.2, 0) is 4.74 Å². The van der Waals surface area contributed by atoms with Crippen molar-refractivity contribution in [2.24, 2.45) is 11.3 Å². The minimum absolute atomic E-state index is 0. The fourth-order valence-corrected chi connectivity index (χ4v) is 2.08. The van der Waals surface area contributed by atoms with E-state index in [4.69, 9.17) is 4.74 Å². The first-order valence-corrected chi connectivity index (χ1v) is 3.92. The number of halogens is 1. The molecule has 2 rings (SSSR count). The van der Waals surface area contributed by atoms with Crippen LogP contribution in [0.25, 0.3) is 0 Å². The lowest BCUT2D eigenvalue weighted by Gasteiger charge is -2.53. The SMILES string of the molecule is CCC1CC2(COC2)C1.I. The largest absolute Gasteiger partial charge is 0.380 e. The summed E-state index contributed by atoms with van der Waals surface area (Å²) in [4.78, 5) is 0. The highest BCUT2D eigenvalue weighted by atomic mass is 127. The molecule has 2 heteroatoms. The maximum atomic E-state index is 5.17. The lowest BCUT2D eigenvalue weighted by Crippen LogP contribution is -2.51. The molecule has 0 aromatic rings. The topological polar surface area (TPSA) is 9.23 Å². The van der Waals surface area contributed by atoms with Gasteiger partial charge in [-0.3, -0.25) is 0 Å². The van der Waals surface area contributed by atoms with Gasteiger partial charge in [-0.2, -0.15) is 0 Å². The van der Waals surface area contributed by atoms with E-state index in [2.05, 4.69) is 6.92 Å². The molecule has 0 aromatic heterocycles. The molecular formula is C8H15IO. The predicted molar refractivity (Wildman–Crippen MR) is 51.7 cm³/mol. The summed E-state index contributed by atoms with van der Waals surface area (Å²) in [7, 11) is 0. The number of rotatable bonds is 1. The third-order valence-corrected chi connectivity index (χ3v) is 2.84. The van der Waals surface area contributed by atoms with Crippen molar-refractivity contribution in [2.45, 2.75) is 26.2 Å². The highest BCUT2D eigenvalue weighted by Gasteiger charge is 2.48. The van der Waals surface area contributed by atoms with Crippen LogP contribution in [-0.4, -0.2) is 13.2 Å². The van der Waals surface area contributed by atoms with Gasteiger partial charge in [0.05, 0.1) is 13.2 Å². The van der Waals surface area contributed by atoms with E-state index >= 15 is 0 Å². The van der Waals surface area contributed by atoms with E-state index < -0.39 is 0 Å². The van der Waals surface area contributed by atoms with Gasteiger partial charge in [-0.15, -0.1) is 24.0 Å². The molecule has 1 nitrogen and oxygen atoms in total. The summed E-state index contributed by atoms with van der Waals surface area (Å²) in [6, 6.07) is 0.